The summed E-state index contributed by atoms with van der Waals surface area (Å²) in [5, 5.41) is 0. The minimum atomic E-state index is -0.510. The fourth-order valence-electron chi connectivity index (χ4n) is 2.52. The number of carbonyl (C=O) groups excluding carboxylic acids is 2. The van der Waals surface area contributed by atoms with Crippen molar-refractivity contribution in [1.29, 1.82) is 0 Å². The number of amides is 1. The molecule has 0 bridgehead atoms. The highest BCUT2D eigenvalue weighted by Gasteiger charge is 2.24. The second-order valence-electron chi connectivity index (χ2n) is 6.45. The van der Waals surface area contributed by atoms with Crippen molar-refractivity contribution >= 4 is 23.7 Å². The highest BCUT2D eigenvalue weighted by molar-refractivity contribution is 6.17. The van der Waals surface area contributed by atoms with Gasteiger partial charge in [-0.15, -0.1) is 0 Å². The van der Waals surface area contributed by atoms with Crippen LogP contribution < -0.4 is 0 Å². The first kappa shape index (κ1) is 18.1. The van der Waals surface area contributed by atoms with Crippen molar-refractivity contribution in [2.24, 2.45) is 5.92 Å². The number of alkyl halides is 1. The Labute approximate surface area is 131 Å². The van der Waals surface area contributed by atoms with Crippen LogP contribution in [0.15, 0.2) is 0 Å². The van der Waals surface area contributed by atoms with Crippen LogP contribution >= 0.6 is 11.6 Å². The lowest BCUT2D eigenvalue weighted by Gasteiger charge is -2.25. The molecule has 1 saturated carbocycles. The van der Waals surface area contributed by atoms with Crippen LogP contribution in [0.4, 0.5) is 4.79 Å². The van der Waals surface area contributed by atoms with Gasteiger partial charge in [0.25, 0.3) is 0 Å². The van der Waals surface area contributed by atoms with Crippen molar-refractivity contribution in [3.8, 4) is 0 Å². The van der Waals surface area contributed by atoms with Crippen molar-refractivity contribution in [1.82, 2.24) is 4.90 Å². The third-order valence-electron chi connectivity index (χ3n) is 3.40. The van der Waals surface area contributed by atoms with Gasteiger partial charge in [0.1, 0.15) is 5.60 Å². The van der Waals surface area contributed by atoms with E-state index in [2.05, 4.69) is 0 Å². The molecule has 122 valence electrons. The second-order valence-corrected chi connectivity index (χ2v) is 6.67. The molecule has 0 aromatic heterocycles. The number of halogens is 1. The van der Waals surface area contributed by atoms with Gasteiger partial charge in [-0.2, -0.15) is 0 Å². The largest absolute Gasteiger partial charge is 0.460 e. The lowest BCUT2D eigenvalue weighted by Crippen LogP contribution is -2.37. The molecule has 0 N–H and O–H groups in total. The van der Waals surface area contributed by atoms with Crippen molar-refractivity contribution in [2.45, 2.75) is 58.5 Å². The van der Waals surface area contributed by atoms with Crippen molar-refractivity contribution in [3.05, 3.63) is 0 Å². The molecule has 1 amide bonds. The normalized spacial score (nSPS) is 15.8. The second kappa shape index (κ2) is 8.47. The molecule has 0 heterocycles. The predicted molar refractivity (Wildman–Crippen MR) is 81.2 cm³/mol. The van der Waals surface area contributed by atoms with E-state index in [1.807, 2.05) is 20.8 Å². The molecule has 0 aromatic rings. The van der Waals surface area contributed by atoms with Crippen LogP contribution in [0.3, 0.4) is 0 Å². The number of esters is 1. The Morgan fingerprint density at radius 2 is 1.86 bits per heavy atom. The first-order valence-corrected chi connectivity index (χ1v) is 8.05. The lowest BCUT2D eigenvalue weighted by atomic mass is 10.1. The van der Waals surface area contributed by atoms with Gasteiger partial charge in [-0.25, -0.2) is 4.79 Å². The molecular weight excluding hydrogens is 294 g/mol. The zero-order valence-corrected chi connectivity index (χ0v) is 13.9. The van der Waals surface area contributed by atoms with Crippen LogP contribution in [0.5, 0.6) is 0 Å². The zero-order chi connectivity index (χ0) is 15.9. The van der Waals surface area contributed by atoms with E-state index in [-0.39, 0.29) is 18.5 Å². The van der Waals surface area contributed by atoms with Crippen LogP contribution in [-0.4, -0.2) is 41.7 Å². The monoisotopic (exact) mass is 319 g/mol. The van der Waals surface area contributed by atoms with Crippen molar-refractivity contribution in [3.63, 3.8) is 0 Å². The Morgan fingerprint density at radius 1 is 1.24 bits per heavy atom. The Balaban J connectivity index is 2.47. The SMILES string of the molecule is CC(C)(C)OC(=O)CCN(CC1CCCC1)C(=O)OCCl. The fourth-order valence-corrected chi connectivity index (χ4v) is 2.61. The molecule has 5 nitrogen and oxygen atoms in total. The Kier molecular flexibility index (Phi) is 7.29. The summed E-state index contributed by atoms with van der Waals surface area (Å²) in [6, 6.07) is -0.174. The predicted octanol–water partition coefficient (Wildman–Crippen LogP) is 3.54. The maximum atomic E-state index is 11.9. The molecule has 0 unspecified atom stereocenters. The van der Waals surface area contributed by atoms with Crippen LogP contribution in [0, 0.1) is 5.92 Å². The summed E-state index contributed by atoms with van der Waals surface area (Å²) in [5.41, 5.74) is -0.510. The number of nitrogens with zero attached hydrogens (tertiary/aromatic N) is 1. The van der Waals surface area contributed by atoms with Gasteiger partial charge in [0.05, 0.1) is 6.42 Å². The summed E-state index contributed by atoms with van der Waals surface area (Å²) in [5.74, 6) is 0.184. The third kappa shape index (κ3) is 7.55. The van der Waals surface area contributed by atoms with E-state index in [1.165, 1.54) is 12.8 Å². The summed E-state index contributed by atoms with van der Waals surface area (Å²) < 4.78 is 10.1. The Bertz CT molecular complexity index is 348. The zero-order valence-electron chi connectivity index (χ0n) is 13.2. The Hall–Kier alpha value is -0.970. The molecule has 1 aliphatic carbocycles. The molecule has 0 aliphatic heterocycles. The van der Waals surface area contributed by atoms with Gasteiger partial charge >= 0.3 is 12.1 Å². The topological polar surface area (TPSA) is 55.8 Å². The van der Waals surface area contributed by atoms with E-state index < -0.39 is 11.7 Å². The van der Waals surface area contributed by atoms with E-state index >= 15 is 0 Å². The van der Waals surface area contributed by atoms with Crippen LogP contribution in [0.1, 0.15) is 52.9 Å². The molecular formula is C15H26ClNO4. The van der Waals surface area contributed by atoms with Crippen LogP contribution in [-0.2, 0) is 14.3 Å². The third-order valence-corrected chi connectivity index (χ3v) is 3.50. The highest BCUT2D eigenvalue weighted by Crippen LogP contribution is 2.25. The highest BCUT2D eigenvalue weighted by atomic mass is 35.5. The standard InChI is InChI=1S/C15H26ClNO4/c1-15(2,3)21-13(18)8-9-17(14(19)20-11-16)10-12-6-4-5-7-12/h12H,4-11H2,1-3H3. The first-order valence-electron chi connectivity index (χ1n) is 7.51. The van der Waals surface area contributed by atoms with Gasteiger partial charge in [0.2, 0.25) is 0 Å². The first-order chi connectivity index (χ1) is 9.81. The molecule has 0 atom stereocenters. The van der Waals surface area contributed by atoms with E-state index in [1.54, 1.807) is 4.90 Å². The maximum Gasteiger partial charge on any atom is 0.410 e. The van der Waals surface area contributed by atoms with E-state index in [0.29, 0.717) is 19.0 Å². The van der Waals surface area contributed by atoms with Gasteiger partial charge in [-0.05, 0) is 39.5 Å². The summed E-state index contributed by atoms with van der Waals surface area (Å²) >= 11 is 5.45. The van der Waals surface area contributed by atoms with E-state index in [0.717, 1.165) is 12.8 Å². The van der Waals surface area contributed by atoms with Crippen LogP contribution in [0.2, 0.25) is 0 Å². The van der Waals surface area contributed by atoms with Gasteiger partial charge in [0, 0.05) is 13.1 Å². The summed E-state index contributed by atoms with van der Waals surface area (Å²) in [6.45, 7) is 6.40. The van der Waals surface area contributed by atoms with E-state index in [4.69, 9.17) is 21.1 Å². The molecule has 6 heteroatoms. The van der Waals surface area contributed by atoms with Gasteiger partial charge in [-0.1, -0.05) is 24.4 Å². The lowest BCUT2D eigenvalue weighted by molar-refractivity contribution is -0.155. The number of ether oxygens (including phenoxy) is 2. The molecule has 0 spiro atoms. The number of rotatable bonds is 6. The summed E-state index contributed by atoms with van der Waals surface area (Å²) in [4.78, 5) is 25.2. The molecule has 1 rings (SSSR count). The fraction of sp³-hybridized carbons (Fsp3) is 0.867. The van der Waals surface area contributed by atoms with Crippen LogP contribution in [0.25, 0.3) is 0 Å². The number of carbonyl (C=O) groups is 2. The van der Waals surface area contributed by atoms with Gasteiger partial charge < -0.3 is 14.4 Å². The molecule has 1 aliphatic rings. The van der Waals surface area contributed by atoms with Gasteiger partial charge in [-0.3, -0.25) is 4.79 Å². The minimum Gasteiger partial charge on any atom is -0.460 e. The molecule has 0 aromatic carbocycles. The quantitative estimate of drug-likeness (QED) is 0.555. The molecule has 21 heavy (non-hydrogen) atoms. The molecule has 0 saturated heterocycles. The average molecular weight is 320 g/mol. The smallest absolute Gasteiger partial charge is 0.410 e. The number of hydrogen-bond donors (Lipinski definition) is 0. The average Bonchev–Trinajstić information content (AvgIpc) is 2.85. The Morgan fingerprint density at radius 3 is 2.38 bits per heavy atom. The van der Waals surface area contributed by atoms with E-state index in [9.17, 15) is 9.59 Å². The van der Waals surface area contributed by atoms with Gasteiger partial charge in [0.15, 0.2) is 6.07 Å². The van der Waals surface area contributed by atoms with Crippen molar-refractivity contribution < 1.29 is 19.1 Å². The molecule has 1 fully saturated rings. The minimum absolute atomic E-state index is 0.168. The molecule has 0 radical (unpaired) electrons. The number of hydrogen-bond acceptors (Lipinski definition) is 4. The maximum absolute atomic E-state index is 11.9. The van der Waals surface area contributed by atoms with Crippen molar-refractivity contribution in [2.75, 3.05) is 19.2 Å². The summed E-state index contributed by atoms with van der Waals surface area (Å²) in [7, 11) is 0. The summed E-state index contributed by atoms with van der Waals surface area (Å²) in [6.07, 6.45) is 4.36.